The molecule has 1 heterocycles. The molecule has 1 aromatic heterocycles. The Balaban J connectivity index is 2.13. The van der Waals surface area contributed by atoms with Gasteiger partial charge in [0, 0.05) is 11.3 Å². The number of benzene rings is 1. The summed E-state index contributed by atoms with van der Waals surface area (Å²) in [4.78, 5) is 14.9. The van der Waals surface area contributed by atoms with Crippen molar-refractivity contribution in [1.29, 1.82) is 0 Å². The van der Waals surface area contributed by atoms with Gasteiger partial charge in [0.15, 0.2) is 5.78 Å². The highest BCUT2D eigenvalue weighted by Gasteiger charge is 2.18. The van der Waals surface area contributed by atoms with Gasteiger partial charge in [0.1, 0.15) is 5.75 Å². The molecule has 2 nitrogen and oxygen atoms in total. The summed E-state index contributed by atoms with van der Waals surface area (Å²) in [6.45, 7) is 12.4. The van der Waals surface area contributed by atoms with Crippen molar-refractivity contribution in [3.05, 3.63) is 49.7 Å². The Kier molecular flexibility index (Phi) is 5.87. The number of phenols is 1. The third kappa shape index (κ3) is 4.07. The second-order valence-corrected chi connectivity index (χ2v) is 8.42. The smallest absolute Gasteiger partial charge is 0.173 e. The van der Waals surface area contributed by atoms with Crippen LogP contribution in [0.2, 0.25) is 0 Å². The zero-order valence-electron chi connectivity index (χ0n) is 15.6. The van der Waals surface area contributed by atoms with E-state index in [1.54, 1.807) is 11.3 Å². The lowest BCUT2D eigenvalue weighted by molar-refractivity contribution is 0.0986. The first-order valence-corrected chi connectivity index (χ1v) is 9.43. The molecule has 2 aromatic rings. The van der Waals surface area contributed by atoms with Crippen LogP contribution < -0.4 is 0 Å². The van der Waals surface area contributed by atoms with Crippen LogP contribution in [0, 0.1) is 33.6 Å². The number of carbonyl (C=O) groups excluding carboxylic acids is 1. The third-order valence-corrected chi connectivity index (χ3v) is 5.82. The fourth-order valence-corrected chi connectivity index (χ4v) is 4.38. The van der Waals surface area contributed by atoms with E-state index in [4.69, 9.17) is 0 Å². The second-order valence-electron chi connectivity index (χ2n) is 7.19. The molecule has 3 heteroatoms. The van der Waals surface area contributed by atoms with Crippen molar-refractivity contribution in [2.75, 3.05) is 0 Å². The molecule has 1 aromatic carbocycles. The minimum Gasteiger partial charge on any atom is -0.507 e. The van der Waals surface area contributed by atoms with Crippen LogP contribution in [0.25, 0.3) is 0 Å². The van der Waals surface area contributed by atoms with Gasteiger partial charge in [0.2, 0.25) is 0 Å². The van der Waals surface area contributed by atoms with Crippen LogP contribution in [0.15, 0.2) is 12.1 Å². The predicted octanol–water partition coefficient (Wildman–Crippen LogP) is 5.70. The van der Waals surface area contributed by atoms with Crippen molar-refractivity contribution >= 4 is 17.1 Å². The monoisotopic (exact) mass is 344 g/mol. The summed E-state index contributed by atoms with van der Waals surface area (Å²) in [6.07, 6.45) is 2.28. The molecular formula is C21H28O2S. The van der Waals surface area contributed by atoms with Crippen LogP contribution in [-0.4, -0.2) is 10.9 Å². The largest absolute Gasteiger partial charge is 0.507 e. The van der Waals surface area contributed by atoms with Gasteiger partial charge in [0.25, 0.3) is 0 Å². The van der Waals surface area contributed by atoms with Crippen LogP contribution in [0.3, 0.4) is 0 Å². The van der Waals surface area contributed by atoms with Crippen LogP contribution >= 0.6 is 11.3 Å². The highest BCUT2D eigenvalue weighted by Crippen LogP contribution is 2.31. The predicted molar refractivity (Wildman–Crippen MR) is 103 cm³/mol. The molecule has 0 aliphatic heterocycles. The minimum atomic E-state index is 0.235. The summed E-state index contributed by atoms with van der Waals surface area (Å²) < 4.78 is 0. The van der Waals surface area contributed by atoms with E-state index in [1.165, 1.54) is 16.0 Å². The Morgan fingerprint density at radius 1 is 1.12 bits per heavy atom. The number of hydrogen-bond acceptors (Lipinski definition) is 3. The molecule has 0 unspecified atom stereocenters. The van der Waals surface area contributed by atoms with E-state index in [0.29, 0.717) is 18.1 Å². The molecule has 0 bridgehead atoms. The van der Waals surface area contributed by atoms with Gasteiger partial charge < -0.3 is 5.11 Å². The lowest BCUT2D eigenvalue weighted by Gasteiger charge is -2.08. The molecule has 0 saturated carbocycles. The van der Waals surface area contributed by atoms with Gasteiger partial charge in [-0.2, -0.15) is 0 Å². The maximum absolute atomic E-state index is 12.7. The number of hydrogen-bond donors (Lipinski definition) is 1. The maximum atomic E-state index is 12.7. The number of thiophene rings is 1. The number of aromatic hydroxyl groups is 1. The molecule has 24 heavy (non-hydrogen) atoms. The van der Waals surface area contributed by atoms with E-state index < -0.39 is 0 Å². The first-order chi connectivity index (χ1) is 11.2. The second kappa shape index (κ2) is 7.52. The average molecular weight is 345 g/mol. The third-order valence-electron chi connectivity index (χ3n) is 4.53. The molecule has 0 atom stereocenters. The van der Waals surface area contributed by atoms with Gasteiger partial charge in [-0.05, 0) is 74.3 Å². The number of Topliss-reactive ketones (excluding diaryl/α,β-unsaturated/α-hetero) is 1. The first kappa shape index (κ1) is 18.7. The molecule has 0 fully saturated rings. The summed E-state index contributed by atoms with van der Waals surface area (Å²) in [5, 5.41) is 9.86. The molecule has 0 aliphatic carbocycles. The Labute approximate surface area is 149 Å². The summed E-state index contributed by atoms with van der Waals surface area (Å²) in [7, 11) is 0. The summed E-state index contributed by atoms with van der Waals surface area (Å²) in [5.41, 5.74) is 5.40. The molecule has 0 amide bonds. The van der Waals surface area contributed by atoms with Crippen molar-refractivity contribution in [1.82, 2.24) is 0 Å². The van der Waals surface area contributed by atoms with Crippen LogP contribution in [0.4, 0.5) is 0 Å². The van der Waals surface area contributed by atoms with E-state index in [0.717, 1.165) is 34.4 Å². The molecule has 2 rings (SSSR count). The highest BCUT2D eigenvalue weighted by atomic mass is 32.1. The first-order valence-electron chi connectivity index (χ1n) is 8.61. The van der Waals surface area contributed by atoms with Gasteiger partial charge in [-0.1, -0.05) is 26.0 Å². The zero-order valence-corrected chi connectivity index (χ0v) is 16.4. The number of aryl methyl sites for hydroxylation is 4. The zero-order chi connectivity index (χ0) is 18.0. The Morgan fingerprint density at radius 2 is 1.71 bits per heavy atom. The van der Waals surface area contributed by atoms with Crippen LogP contribution in [-0.2, 0) is 12.8 Å². The Bertz CT molecular complexity index is 730. The van der Waals surface area contributed by atoms with Crippen molar-refractivity contribution < 1.29 is 9.90 Å². The topological polar surface area (TPSA) is 37.3 Å². The molecule has 0 aliphatic rings. The minimum absolute atomic E-state index is 0.235. The van der Waals surface area contributed by atoms with Crippen LogP contribution in [0.1, 0.15) is 62.6 Å². The van der Waals surface area contributed by atoms with E-state index >= 15 is 0 Å². The molecule has 0 spiro atoms. The van der Waals surface area contributed by atoms with Crippen molar-refractivity contribution in [3.8, 4) is 5.75 Å². The fraction of sp³-hybridized carbons (Fsp3) is 0.476. The van der Waals surface area contributed by atoms with Crippen molar-refractivity contribution in [3.63, 3.8) is 0 Å². The average Bonchev–Trinajstić information content (AvgIpc) is 2.77. The maximum Gasteiger partial charge on any atom is 0.173 e. The molecule has 0 radical (unpaired) electrons. The summed E-state index contributed by atoms with van der Waals surface area (Å²) in [6, 6.07) is 3.96. The van der Waals surface area contributed by atoms with E-state index in [-0.39, 0.29) is 5.78 Å². The molecule has 0 saturated heterocycles. The van der Waals surface area contributed by atoms with Gasteiger partial charge in [0.05, 0.1) is 4.88 Å². The lowest BCUT2D eigenvalue weighted by atomic mass is 9.97. The van der Waals surface area contributed by atoms with Crippen LogP contribution in [0.5, 0.6) is 5.75 Å². The number of ketones is 1. The Morgan fingerprint density at radius 3 is 2.25 bits per heavy atom. The van der Waals surface area contributed by atoms with Gasteiger partial charge in [-0.15, -0.1) is 11.3 Å². The van der Waals surface area contributed by atoms with Crippen molar-refractivity contribution in [2.45, 2.75) is 60.8 Å². The highest BCUT2D eigenvalue weighted by molar-refractivity contribution is 7.14. The fourth-order valence-electron chi connectivity index (χ4n) is 3.22. The Hall–Kier alpha value is -1.61. The van der Waals surface area contributed by atoms with Gasteiger partial charge >= 0.3 is 0 Å². The molecular weight excluding hydrogens is 316 g/mol. The van der Waals surface area contributed by atoms with E-state index in [1.807, 2.05) is 26.0 Å². The van der Waals surface area contributed by atoms with Gasteiger partial charge in [-0.3, -0.25) is 4.79 Å². The molecule has 130 valence electrons. The standard InChI is InChI=1S/C21H28O2S/c1-12(2)9-18-15(5)21(24-16(18)6)19(22)8-7-17-10-13(3)20(23)14(4)11-17/h10-12,23H,7-9H2,1-6H3. The van der Waals surface area contributed by atoms with Crippen molar-refractivity contribution in [2.24, 2.45) is 5.92 Å². The molecule has 1 N–H and O–H groups in total. The summed E-state index contributed by atoms with van der Waals surface area (Å²) in [5.74, 6) is 1.19. The number of carbonyl (C=O) groups is 1. The lowest BCUT2D eigenvalue weighted by Crippen LogP contribution is -2.03. The van der Waals surface area contributed by atoms with E-state index in [2.05, 4.69) is 27.7 Å². The normalized spacial score (nSPS) is 11.3. The van der Waals surface area contributed by atoms with E-state index in [9.17, 15) is 9.90 Å². The van der Waals surface area contributed by atoms with Gasteiger partial charge in [-0.25, -0.2) is 0 Å². The SMILES string of the molecule is Cc1cc(CCC(=O)c2sc(C)c(CC(C)C)c2C)cc(C)c1O. The number of rotatable bonds is 6. The quantitative estimate of drug-likeness (QED) is 0.682. The summed E-state index contributed by atoms with van der Waals surface area (Å²) >= 11 is 1.65. The number of phenolic OH excluding ortho intramolecular Hbond substituents is 1.